The molecule has 0 amide bonds. The highest BCUT2D eigenvalue weighted by molar-refractivity contribution is 7.46. The molecule has 47 heavy (non-hydrogen) atoms. The molecule has 2 aliphatic rings. The van der Waals surface area contributed by atoms with Crippen LogP contribution in [0.4, 0.5) is 10.2 Å². The normalized spacial score (nSPS) is 30.2. The fourth-order valence-electron chi connectivity index (χ4n) is 4.70. The third kappa shape index (κ3) is 7.65. The summed E-state index contributed by atoms with van der Waals surface area (Å²) in [7, 11) is -10.6. The van der Waals surface area contributed by atoms with E-state index in [1.165, 1.54) is 0 Å². The minimum atomic E-state index is -5.56. The Labute approximate surface area is 261 Å². The molecular weight excluding hydrogens is 681 g/mol. The van der Waals surface area contributed by atoms with Crippen LogP contribution in [0.25, 0.3) is 16.0 Å². The number of halogens is 1. The van der Waals surface area contributed by atoms with Gasteiger partial charge in [0.25, 0.3) is 21.2 Å². The quantitative estimate of drug-likeness (QED) is 0.0787. The third-order valence-electron chi connectivity index (χ3n) is 6.89. The molecule has 0 aromatic carbocycles. The molecule has 22 nitrogen and oxygen atoms in total. The van der Waals surface area contributed by atoms with E-state index in [2.05, 4.69) is 24.3 Å². The summed E-state index contributed by atoms with van der Waals surface area (Å²) in [4.78, 5) is 65.1. The smallest absolute Gasteiger partial charge is 0.330 e. The van der Waals surface area contributed by atoms with Crippen molar-refractivity contribution in [3.05, 3.63) is 57.2 Å². The Morgan fingerprint density at radius 1 is 1.04 bits per heavy atom. The standard InChI is InChI=1S/C22H27FN8O14P2/c1-25-3-5-40-46(36,37)41-7-11-17(13(23)20(44-11)31-9-28-14-18(24)26-8-27-19(14)31)45-47(38,39)42-6-10-15(33)16(34)21(43-10)30-4-2-12(32)29-22(30)35/h2,4,8-11,13,15-17,20-21,33-34H,3,5-7H2,(H,36,37)(H,38,39)(H2,24,26,27)(H,29,32,35)/p-2/t10-,11-,13+,15?,16+,17?,20-,21-/m1/s1. The van der Waals surface area contributed by atoms with Crippen LogP contribution in [0.15, 0.2) is 34.5 Å². The molecule has 3 aromatic heterocycles. The van der Waals surface area contributed by atoms with Crippen molar-refractivity contribution in [2.75, 3.05) is 32.1 Å². The van der Waals surface area contributed by atoms with E-state index in [1.807, 2.05) is 4.98 Å². The van der Waals surface area contributed by atoms with Crippen LogP contribution in [0, 0.1) is 6.57 Å². The maximum atomic E-state index is 15.9. The maximum Gasteiger partial charge on any atom is 0.330 e. The minimum Gasteiger partial charge on any atom is -0.756 e. The van der Waals surface area contributed by atoms with E-state index < -0.39 is 95.9 Å². The highest BCUT2D eigenvalue weighted by Crippen LogP contribution is 2.48. The molecule has 0 aliphatic carbocycles. The SMILES string of the molecule is [C-]#[N+]CCOP(=O)([O-])OC[C@H]1O[C@@H](n2cnc3c(N)ncnc32)[C@@H](F)C1OP(=O)([O-])OC[C@H]1O[C@@H](n2ccc(=O)[nH]c2=O)[C@@H](O)C1O. The number of imidazole rings is 1. The summed E-state index contributed by atoms with van der Waals surface area (Å²) < 4.78 is 72.7. The van der Waals surface area contributed by atoms with E-state index in [4.69, 9.17) is 35.4 Å². The molecule has 2 saturated heterocycles. The number of aromatic nitrogens is 6. The zero-order valence-corrected chi connectivity index (χ0v) is 25.4. The van der Waals surface area contributed by atoms with E-state index in [9.17, 15) is 38.7 Å². The first-order chi connectivity index (χ1) is 22.2. The lowest BCUT2D eigenvalue weighted by molar-refractivity contribution is -0.237. The fourth-order valence-corrected chi connectivity index (χ4v) is 6.35. The van der Waals surface area contributed by atoms with E-state index in [0.717, 1.165) is 34.1 Å². The lowest BCUT2D eigenvalue weighted by Crippen LogP contribution is -2.38. The van der Waals surface area contributed by atoms with Crippen molar-refractivity contribution in [1.82, 2.24) is 29.1 Å². The van der Waals surface area contributed by atoms with Crippen molar-refractivity contribution in [2.24, 2.45) is 0 Å². The zero-order chi connectivity index (χ0) is 34.1. The number of hydrogen-bond donors (Lipinski definition) is 4. The van der Waals surface area contributed by atoms with Crippen LogP contribution in [-0.2, 0) is 36.7 Å². The van der Waals surface area contributed by atoms with Gasteiger partial charge in [0.2, 0.25) is 6.54 Å². The number of nitrogens with two attached hydrogens (primary N) is 1. The number of nitrogen functional groups attached to an aromatic ring is 1. The number of aliphatic hydroxyl groups is 2. The van der Waals surface area contributed by atoms with Crippen LogP contribution in [0.1, 0.15) is 12.5 Å². The molecule has 5 rings (SSSR count). The van der Waals surface area contributed by atoms with E-state index >= 15 is 4.39 Å². The Morgan fingerprint density at radius 2 is 1.74 bits per heavy atom. The van der Waals surface area contributed by atoms with Gasteiger partial charge < -0.3 is 58.1 Å². The van der Waals surface area contributed by atoms with Gasteiger partial charge in [-0.25, -0.2) is 30.7 Å². The number of alkyl halides is 1. The van der Waals surface area contributed by atoms with Crippen molar-refractivity contribution in [2.45, 2.75) is 49.1 Å². The number of aromatic amines is 1. The van der Waals surface area contributed by atoms with Crippen LogP contribution in [0.3, 0.4) is 0 Å². The van der Waals surface area contributed by atoms with Crippen LogP contribution in [-0.4, -0.2) is 102 Å². The maximum absolute atomic E-state index is 15.9. The summed E-state index contributed by atoms with van der Waals surface area (Å²) in [5.41, 5.74) is 4.06. The number of aliphatic hydroxyl groups excluding tert-OH is 2. The highest BCUT2D eigenvalue weighted by Gasteiger charge is 2.50. The van der Waals surface area contributed by atoms with Gasteiger partial charge in [0.1, 0.15) is 49.0 Å². The number of phosphoric ester groups is 2. The predicted molar refractivity (Wildman–Crippen MR) is 145 cm³/mol. The Bertz CT molecular complexity index is 1850. The van der Waals surface area contributed by atoms with Gasteiger partial charge in [0, 0.05) is 12.3 Å². The molecule has 5 heterocycles. The predicted octanol–water partition coefficient (Wildman–Crippen LogP) is -2.90. The summed E-state index contributed by atoms with van der Waals surface area (Å²) in [5.74, 6) is -0.0646. The Morgan fingerprint density at radius 3 is 2.47 bits per heavy atom. The third-order valence-corrected chi connectivity index (χ3v) is 8.82. The molecule has 0 bridgehead atoms. The number of ether oxygens (including phenoxy) is 2. The lowest BCUT2D eigenvalue weighted by Gasteiger charge is -2.30. The van der Waals surface area contributed by atoms with Crippen LogP contribution < -0.4 is 26.8 Å². The largest absolute Gasteiger partial charge is 0.756 e. The first kappa shape index (κ1) is 34.8. The fraction of sp³-hybridized carbons (Fsp3) is 0.545. The molecule has 0 spiro atoms. The summed E-state index contributed by atoms with van der Waals surface area (Å²) in [6.45, 7) is 3.82. The molecular formula is C22H25FN8O14P2-2. The monoisotopic (exact) mass is 706 g/mol. The molecule has 5 N–H and O–H groups in total. The average molecular weight is 706 g/mol. The first-order valence-electron chi connectivity index (χ1n) is 13.3. The first-order valence-corrected chi connectivity index (χ1v) is 16.3. The molecule has 3 aromatic rings. The molecule has 25 heteroatoms. The van der Waals surface area contributed by atoms with Crippen molar-refractivity contribution < 1.29 is 61.1 Å². The molecule has 2 fully saturated rings. The highest BCUT2D eigenvalue weighted by atomic mass is 31.2. The van der Waals surface area contributed by atoms with Gasteiger partial charge in [-0.3, -0.25) is 28.0 Å². The van der Waals surface area contributed by atoms with Crippen molar-refractivity contribution in [3.8, 4) is 0 Å². The van der Waals surface area contributed by atoms with Crippen molar-refractivity contribution in [1.29, 1.82) is 0 Å². The lowest BCUT2D eigenvalue weighted by atomic mass is 10.1. The number of nitrogens with zero attached hydrogens (tertiary/aromatic N) is 6. The number of fused-ring (bicyclic) bond motifs is 1. The second-order valence-electron chi connectivity index (χ2n) is 9.93. The molecule has 256 valence electrons. The Balaban J connectivity index is 1.31. The summed E-state index contributed by atoms with van der Waals surface area (Å²) in [5, 5.41) is 20.8. The number of hydrogen-bond acceptors (Lipinski definition) is 18. The molecule has 4 unspecified atom stereocenters. The second kappa shape index (κ2) is 13.9. The van der Waals surface area contributed by atoms with Crippen LogP contribution >= 0.6 is 15.6 Å². The molecule has 0 radical (unpaired) electrons. The second-order valence-corrected chi connectivity index (χ2v) is 12.7. The topological polar surface area (TPSA) is 305 Å². The summed E-state index contributed by atoms with van der Waals surface area (Å²) in [6.07, 6.45) is -11.6. The number of phosphoric acid groups is 2. The molecule has 10 atom stereocenters. The molecule has 0 saturated carbocycles. The van der Waals surface area contributed by atoms with E-state index in [0.29, 0.717) is 0 Å². The van der Waals surface area contributed by atoms with Gasteiger partial charge in [-0.05, 0) is 0 Å². The van der Waals surface area contributed by atoms with Crippen molar-refractivity contribution >= 4 is 32.6 Å². The number of anilines is 1. The van der Waals surface area contributed by atoms with Crippen LogP contribution in [0.2, 0.25) is 0 Å². The van der Waals surface area contributed by atoms with Crippen molar-refractivity contribution in [3.63, 3.8) is 0 Å². The van der Waals surface area contributed by atoms with E-state index in [-0.39, 0.29) is 23.5 Å². The molecule has 2 aliphatic heterocycles. The number of rotatable bonds is 13. The van der Waals surface area contributed by atoms with Gasteiger partial charge in [-0.1, -0.05) is 0 Å². The summed E-state index contributed by atoms with van der Waals surface area (Å²) in [6, 6.07) is 0.942. The Hall–Kier alpha value is -3.49. The average Bonchev–Trinajstić information content (AvgIpc) is 3.66. The zero-order valence-electron chi connectivity index (χ0n) is 23.6. The number of nitrogens with one attached hydrogen (secondary N) is 1. The number of H-pyrrole nitrogens is 1. The Kier molecular flexibility index (Phi) is 10.3. The summed E-state index contributed by atoms with van der Waals surface area (Å²) >= 11 is 0. The van der Waals surface area contributed by atoms with Gasteiger partial charge >= 0.3 is 5.69 Å². The van der Waals surface area contributed by atoms with Gasteiger partial charge in [0.05, 0.1) is 19.5 Å². The minimum absolute atomic E-state index is 0.0221. The van der Waals surface area contributed by atoms with Crippen LogP contribution in [0.5, 0.6) is 0 Å². The van der Waals surface area contributed by atoms with Gasteiger partial charge in [-0.2, -0.15) is 0 Å². The van der Waals surface area contributed by atoms with E-state index in [1.54, 1.807) is 0 Å². The van der Waals surface area contributed by atoms with Gasteiger partial charge in [0.15, 0.2) is 30.1 Å². The van der Waals surface area contributed by atoms with Gasteiger partial charge in [-0.15, -0.1) is 0 Å².